The highest BCUT2D eigenvalue weighted by Gasteiger charge is 2.13. The highest BCUT2D eigenvalue weighted by Crippen LogP contribution is 2.30. The van der Waals surface area contributed by atoms with E-state index in [9.17, 15) is 0 Å². The average Bonchev–Trinajstić information content (AvgIpc) is 3.01. The van der Waals surface area contributed by atoms with Gasteiger partial charge in [0.25, 0.3) is 0 Å². The molecule has 28 heavy (non-hydrogen) atoms. The van der Waals surface area contributed by atoms with E-state index in [2.05, 4.69) is 33.9 Å². The van der Waals surface area contributed by atoms with Crippen LogP contribution >= 0.6 is 0 Å². The molecule has 0 unspecified atom stereocenters. The summed E-state index contributed by atoms with van der Waals surface area (Å²) < 4.78 is 12.8. The number of nitrogens with zero attached hydrogens (tertiary/aromatic N) is 5. The molecule has 0 aliphatic rings. The summed E-state index contributed by atoms with van der Waals surface area (Å²) in [5, 5.41) is 11.6. The SMILES string of the molecule is C=CCNC(=NCc1nnc(C)n1C)N(C)Cc1cc(OC)c(OC)cc1C. The number of hydrogen-bond acceptors (Lipinski definition) is 5. The molecule has 0 spiro atoms. The van der Waals surface area contributed by atoms with Crippen molar-refractivity contribution < 1.29 is 9.47 Å². The second kappa shape index (κ2) is 9.77. The van der Waals surface area contributed by atoms with Crippen molar-refractivity contribution in [3.63, 3.8) is 0 Å². The Hall–Kier alpha value is -3.03. The molecule has 1 heterocycles. The van der Waals surface area contributed by atoms with E-state index in [-0.39, 0.29) is 0 Å². The normalized spacial score (nSPS) is 11.3. The van der Waals surface area contributed by atoms with E-state index in [1.807, 2.05) is 37.7 Å². The number of rotatable bonds is 8. The smallest absolute Gasteiger partial charge is 0.194 e. The zero-order valence-electron chi connectivity index (χ0n) is 17.6. The fraction of sp³-hybridized carbons (Fsp3) is 0.450. The van der Waals surface area contributed by atoms with Crippen LogP contribution < -0.4 is 14.8 Å². The van der Waals surface area contributed by atoms with E-state index in [0.717, 1.165) is 34.5 Å². The van der Waals surface area contributed by atoms with Crippen LogP contribution in [-0.4, -0.2) is 53.4 Å². The number of ether oxygens (including phenoxy) is 2. The van der Waals surface area contributed by atoms with Gasteiger partial charge in [0, 0.05) is 27.2 Å². The highest BCUT2D eigenvalue weighted by atomic mass is 16.5. The first-order chi connectivity index (χ1) is 13.4. The van der Waals surface area contributed by atoms with Gasteiger partial charge in [0.2, 0.25) is 0 Å². The Balaban J connectivity index is 2.23. The molecule has 0 saturated carbocycles. The second-order valence-electron chi connectivity index (χ2n) is 6.52. The number of methoxy groups -OCH3 is 2. The van der Waals surface area contributed by atoms with Crippen molar-refractivity contribution in [2.45, 2.75) is 26.9 Å². The van der Waals surface area contributed by atoms with Crippen molar-refractivity contribution in [3.05, 3.63) is 47.6 Å². The number of benzene rings is 1. The molecule has 0 atom stereocenters. The maximum absolute atomic E-state index is 5.44. The second-order valence-corrected chi connectivity index (χ2v) is 6.52. The standard InChI is InChI=1S/C20H30N6O2/c1-8-9-21-20(22-12-19-24-23-15(3)26(19)5)25(4)13-16-11-18(28-7)17(27-6)10-14(16)2/h8,10-11H,1,9,12-13H2,2-7H3,(H,21,22). The van der Waals surface area contributed by atoms with E-state index in [4.69, 9.17) is 14.5 Å². The van der Waals surface area contributed by atoms with Crippen LogP contribution in [0.5, 0.6) is 11.5 Å². The summed E-state index contributed by atoms with van der Waals surface area (Å²) in [7, 11) is 7.21. The van der Waals surface area contributed by atoms with Gasteiger partial charge in [0.15, 0.2) is 23.3 Å². The quantitative estimate of drug-likeness (QED) is 0.426. The lowest BCUT2D eigenvalue weighted by atomic mass is 10.1. The maximum atomic E-state index is 5.44. The van der Waals surface area contributed by atoms with Crippen molar-refractivity contribution in [1.82, 2.24) is 25.0 Å². The number of aliphatic imine (C=N–C) groups is 1. The monoisotopic (exact) mass is 386 g/mol. The lowest BCUT2D eigenvalue weighted by Gasteiger charge is -2.23. The Kier molecular flexibility index (Phi) is 7.43. The van der Waals surface area contributed by atoms with Gasteiger partial charge in [-0.1, -0.05) is 6.08 Å². The maximum Gasteiger partial charge on any atom is 0.194 e. The van der Waals surface area contributed by atoms with E-state index in [1.165, 1.54) is 0 Å². The number of hydrogen-bond donors (Lipinski definition) is 1. The van der Waals surface area contributed by atoms with E-state index in [0.29, 0.717) is 25.4 Å². The molecule has 0 bridgehead atoms. The molecular formula is C20H30N6O2. The topological polar surface area (TPSA) is 76.8 Å². The molecule has 0 radical (unpaired) electrons. The van der Waals surface area contributed by atoms with Crippen molar-refractivity contribution >= 4 is 5.96 Å². The fourth-order valence-corrected chi connectivity index (χ4v) is 2.73. The molecule has 1 aromatic heterocycles. The molecule has 1 aromatic carbocycles. The minimum Gasteiger partial charge on any atom is -0.493 e. The largest absolute Gasteiger partial charge is 0.493 e. The first-order valence-corrected chi connectivity index (χ1v) is 9.08. The molecule has 0 fully saturated rings. The van der Waals surface area contributed by atoms with Crippen LogP contribution in [0.3, 0.4) is 0 Å². The van der Waals surface area contributed by atoms with Crippen molar-refractivity contribution in [2.75, 3.05) is 27.8 Å². The van der Waals surface area contributed by atoms with Crippen LogP contribution in [-0.2, 0) is 20.1 Å². The van der Waals surface area contributed by atoms with Crippen LogP contribution in [0.25, 0.3) is 0 Å². The van der Waals surface area contributed by atoms with Gasteiger partial charge >= 0.3 is 0 Å². The van der Waals surface area contributed by atoms with E-state index >= 15 is 0 Å². The predicted octanol–water partition coefficient (Wildman–Crippen LogP) is 2.21. The average molecular weight is 387 g/mol. The van der Waals surface area contributed by atoms with Gasteiger partial charge in [0.1, 0.15) is 12.4 Å². The van der Waals surface area contributed by atoms with E-state index in [1.54, 1.807) is 20.3 Å². The third kappa shape index (κ3) is 5.03. The van der Waals surface area contributed by atoms with E-state index < -0.39 is 0 Å². The van der Waals surface area contributed by atoms with Crippen LogP contribution in [0.4, 0.5) is 0 Å². The van der Waals surface area contributed by atoms with Crippen LogP contribution in [0.1, 0.15) is 22.8 Å². The van der Waals surface area contributed by atoms with Gasteiger partial charge < -0.3 is 24.3 Å². The highest BCUT2D eigenvalue weighted by molar-refractivity contribution is 5.80. The van der Waals surface area contributed by atoms with Gasteiger partial charge in [-0.05, 0) is 37.1 Å². The Morgan fingerprint density at radius 1 is 1.25 bits per heavy atom. The molecular weight excluding hydrogens is 356 g/mol. The van der Waals surface area contributed by atoms with Gasteiger partial charge in [-0.3, -0.25) is 0 Å². The Morgan fingerprint density at radius 2 is 1.93 bits per heavy atom. The summed E-state index contributed by atoms with van der Waals surface area (Å²) >= 11 is 0. The Morgan fingerprint density at radius 3 is 2.50 bits per heavy atom. The molecule has 0 aliphatic heterocycles. The fourth-order valence-electron chi connectivity index (χ4n) is 2.73. The molecule has 0 amide bonds. The molecule has 0 saturated heterocycles. The van der Waals surface area contributed by atoms with Crippen LogP contribution in [0.2, 0.25) is 0 Å². The number of guanidine groups is 1. The summed E-state index contributed by atoms with van der Waals surface area (Å²) in [5.41, 5.74) is 2.25. The summed E-state index contributed by atoms with van der Waals surface area (Å²) in [6, 6.07) is 3.99. The van der Waals surface area contributed by atoms with Crippen molar-refractivity contribution in [3.8, 4) is 11.5 Å². The van der Waals surface area contributed by atoms with Crippen molar-refractivity contribution in [2.24, 2.45) is 12.0 Å². The zero-order chi connectivity index (χ0) is 20.7. The number of aryl methyl sites for hydroxylation is 2. The summed E-state index contributed by atoms with van der Waals surface area (Å²) in [6.07, 6.45) is 1.80. The molecule has 0 aliphatic carbocycles. The molecule has 2 rings (SSSR count). The first kappa shape index (κ1) is 21.3. The lowest BCUT2D eigenvalue weighted by molar-refractivity contribution is 0.353. The van der Waals surface area contributed by atoms with Gasteiger partial charge in [-0.25, -0.2) is 4.99 Å². The summed E-state index contributed by atoms with van der Waals surface area (Å²) in [6.45, 7) is 9.46. The molecule has 8 nitrogen and oxygen atoms in total. The Labute approximate surface area is 166 Å². The van der Waals surface area contributed by atoms with Gasteiger partial charge in [-0.15, -0.1) is 16.8 Å². The zero-order valence-corrected chi connectivity index (χ0v) is 17.6. The molecule has 2 aromatic rings. The third-order valence-electron chi connectivity index (χ3n) is 4.57. The minimum absolute atomic E-state index is 0.437. The van der Waals surface area contributed by atoms with Gasteiger partial charge in [-0.2, -0.15) is 0 Å². The van der Waals surface area contributed by atoms with Crippen LogP contribution in [0, 0.1) is 13.8 Å². The third-order valence-corrected chi connectivity index (χ3v) is 4.57. The molecule has 152 valence electrons. The lowest BCUT2D eigenvalue weighted by Crippen LogP contribution is -2.38. The van der Waals surface area contributed by atoms with Crippen LogP contribution in [0.15, 0.2) is 29.8 Å². The first-order valence-electron chi connectivity index (χ1n) is 9.08. The van der Waals surface area contributed by atoms with Crippen molar-refractivity contribution in [1.29, 1.82) is 0 Å². The Bertz CT molecular complexity index is 843. The summed E-state index contributed by atoms with van der Waals surface area (Å²) in [5.74, 6) is 3.87. The van der Waals surface area contributed by atoms with Gasteiger partial charge in [0.05, 0.1) is 14.2 Å². The number of aromatic nitrogens is 3. The molecule has 1 N–H and O–H groups in total. The minimum atomic E-state index is 0.437. The molecule has 8 heteroatoms. The summed E-state index contributed by atoms with van der Waals surface area (Å²) in [4.78, 5) is 6.77. The number of nitrogens with one attached hydrogen (secondary N) is 1. The predicted molar refractivity (Wildman–Crippen MR) is 111 cm³/mol.